The Hall–Kier alpha value is -2.72. The number of benzene rings is 3. The number of alkyl halides is 4. The van der Waals surface area contributed by atoms with Crippen LogP contribution >= 0.6 is 46.4 Å². The van der Waals surface area contributed by atoms with Gasteiger partial charge in [0.2, 0.25) is 11.7 Å². The molecule has 0 aliphatic heterocycles. The molecule has 41 heavy (non-hydrogen) atoms. The van der Waals surface area contributed by atoms with E-state index in [-0.39, 0.29) is 26.9 Å². The molecule has 3 aromatic rings. The van der Waals surface area contributed by atoms with E-state index in [1.54, 1.807) is 6.92 Å². The van der Waals surface area contributed by atoms with Crippen molar-refractivity contribution in [1.82, 2.24) is 0 Å². The van der Waals surface area contributed by atoms with Crippen molar-refractivity contribution in [3.63, 3.8) is 0 Å². The van der Waals surface area contributed by atoms with Gasteiger partial charge in [-0.05, 0) is 53.9 Å². The Balaban J connectivity index is 1.55. The molecule has 0 radical (unpaired) electrons. The maximum absolute atomic E-state index is 14.9. The zero-order valence-electron chi connectivity index (χ0n) is 20.8. The molecule has 2 atom stereocenters. The number of aryl methyl sites for hydroxylation is 1. The summed E-state index contributed by atoms with van der Waals surface area (Å²) in [7, 11) is 0. The van der Waals surface area contributed by atoms with Crippen molar-refractivity contribution in [2.24, 2.45) is 5.92 Å². The normalized spacial score (nSPS) is 17.4. The standard InChI is InChI=1S/C28H18Cl4F5NO3/c1-11-6-14(38-27(41)23-22(28(23,31)32)12-2-5-19(34)17(29)7-12)9-16(24(11)30)20(39)8-13-3-4-18(33)15(25(13)35)10-21(40)26(36)37/h2-7,9,22-23,26H,8,10H2,1H3,(H,38,41)/t22-,23+/m0/s1. The third-order valence-electron chi connectivity index (χ3n) is 6.67. The fourth-order valence-electron chi connectivity index (χ4n) is 4.50. The summed E-state index contributed by atoms with van der Waals surface area (Å²) in [4.78, 5) is 37.6. The molecule has 4 rings (SSSR count). The van der Waals surface area contributed by atoms with Gasteiger partial charge in [0.1, 0.15) is 21.8 Å². The number of halogens is 9. The third kappa shape index (κ3) is 6.38. The summed E-state index contributed by atoms with van der Waals surface area (Å²) < 4.78 is 66.3. The first kappa shape index (κ1) is 31.2. The van der Waals surface area contributed by atoms with Crippen LogP contribution in [0.15, 0.2) is 42.5 Å². The van der Waals surface area contributed by atoms with Crippen LogP contribution in [0.5, 0.6) is 0 Å². The minimum Gasteiger partial charge on any atom is -0.326 e. The fraction of sp³-hybridized carbons (Fsp3) is 0.250. The highest BCUT2D eigenvalue weighted by Crippen LogP contribution is 2.65. The van der Waals surface area contributed by atoms with Gasteiger partial charge >= 0.3 is 0 Å². The molecule has 1 aliphatic carbocycles. The number of anilines is 1. The van der Waals surface area contributed by atoms with Crippen LogP contribution in [0.25, 0.3) is 0 Å². The smallest absolute Gasteiger partial charge is 0.296 e. The number of rotatable bonds is 9. The molecule has 1 aliphatic rings. The van der Waals surface area contributed by atoms with E-state index in [0.717, 1.165) is 18.2 Å². The number of ketones is 2. The third-order valence-corrected chi connectivity index (χ3v) is 8.40. The van der Waals surface area contributed by atoms with E-state index >= 15 is 0 Å². The number of nitrogens with one attached hydrogen (secondary N) is 1. The largest absolute Gasteiger partial charge is 0.326 e. The summed E-state index contributed by atoms with van der Waals surface area (Å²) in [5.74, 6) is -7.84. The molecule has 4 nitrogen and oxygen atoms in total. The summed E-state index contributed by atoms with van der Waals surface area (Å²) in [6.07, 6.45) is -5.25. The van der Waals surface area contributed by atoms with Crippen molar-refractivity contribution in [2.75, 3.05) is 5.32 Å². The Morgan fingerprint density at radius 2 is 1.61 bits per heavy atom. The highest BCUT2D eigenvalue weighted by molar-refractivity contribution is 6.53. The highest BCUT2D eigenvalue weighted by atomic mass is 35.5. The average molecular weight is 653 g/mol. The molecule has 216 valence electrons. The molecule has 1 saturated carbocycles. The molecule has 1 fully saturated rings. The fourth-order valence-corrected chi connectivity index (χ4v) is 5.73. The highest BCUT2D eigenvalue weighted by Gasteiger charge is 2.67. The van der Waals surface area contributed by atoms with Gasteiger partial charge in [-0.1, -0.05) is 35.3 Å². The molecule has 0 spiro atoms. The van der Waals surface area contributed by atoms with Crippen LogP contribution in [0, 0.1) is 30.3 Å². The monoisotopic (exact) mass is 651 g/mol. The number of hydrogen-bond acceptors (Lipinski definition) is 3. The van der Waals surface area contributed by atoms with Crippen LogP contribution in [-0.2, 0) is 22.4 Å². The summed E-state index contributed by atoms with van der Waals surface area (Å²) in [5.41, 5.74) is -0.385. The summed E-state index contributed by atoms with van der Waals surface area (Å²) in [6, 6.07) is 8.30. The van der Waals surface area contributed by atoms with Crippen LogP contribution in [0.4, 0.5) is 27.6 Å². The number of amides is 1. The van der Waals surface area contributed by atoms with Gasteiger partial charge in [0.25, 0.3) is 6.43 Å². The first-order valence-electron chi connectivity index (χ1n) is 11.9. The van der Waals surface area contributed by atoms with Crippen molar-refractivity contribution in [3.8, 4) is 0 Å². The summed E-state index contributed by atoms with van der Waals surface area (Å²) in [5, 5.41) is 2.45. The molecule has 1 N–H and O–H groups in total. The Morgan fingerprint density at radius 3 is 2.24 bits per heavy atom. The van der Waals surface area contributed by atoms with Gasteiger partial charge < -0.3 is 5.32 Å². The Labute approximate surface area is 250 Å². The van der Waals surface area contributed by atoms with Crippen molar-refractivity contribution < 1.29 is 36.3 Å². The van der Waals surface area contributed by atoms with E-state index in [2.05, 4.69) is 5.32 Å². The molecule has 0 unspecified atom stereocenters. The van der Waals surface area contributed by atoms with Crippen molar-refractivity contribution in [1.29, 1.82) is 0 Å². The second-order valence-corrected chi connectivity index (χ2v) is 11.7. The van der Waals surface area contributed by atoms with Gasteiger partial charge in [-0.25, -0.2) is 22.0 Å². The maximum Gasteiger partial charge on any atom is 0.296 e. The lowest BCUT2D eigenvalue weighted by Gasteiger charge is -2.13. The second-order valence-electron chi connectivity index (χ2n) is 9.49. The predicted molar refractivity (Wildman–Crippen MR) is 146 cm³/mol. The van der Waals surface area contributed by atoms with Crippen LogP contribution in [0.1, 0.15) is 38.5 Å². The number of Topliss-reactive ketones (excluding diaryl/α,β-unsaturated/α-hetero) is 2. The van der Waals surface area contributed by atoms with Gasteiger partial charge in [0.15, 0.2) is 5.78 Å². The van der Waals surface area contributed by atoms with Gasteiger partial charge in [-0.15, -0.1) is 23.2 Å². The van der Waals surface area contributed by atoms with E-state index in [9.17, 15) is 36.3 Å². The predicted octanol–water partition coefficient (Wildman–Crippen LogP) is 8.05. The zero-order chi connectivity index (χ0) is 30.4. The first-order valence-corrected chi connectivity index (χ1v) is 13.4. The van der Waals surface area contributed by atoms with Crippen LogP contribution in [0.2, 0.25) is 10.0 Å². The number of carbonyl (C=O) groups is 3. The molecule has 0 heterocycles. The lowest BCUT2D eigenvalue weighted by molar-refractivity contribution is -0.128. The molecule has 13 heteroatoms. The minimum absolute atomic E-state index is 0.00194. The van der Waals surface area contributed by atoms with Crippen molar-refractivity contribution in [2.45, 2.75) is 36.4 Å². The molecule has 0 saturated heterocycles. The van der Waals surface area contributed by atoms with Gasteiger partial charge in [0, 0.05) is 35.6 Å². The molecular weight excluding hydrogens is 635 g/mol. The summed E-state index contributed by atoms with van der Waals surface area (Å²) in [6.45, 7) is 1.55. The van der Waals surface area contributed by atoms with Crippen LogP contribution in [0.3, 0.4) is 0 Å². The van der Waals surface area contributed by atoms with Gasteiger partial charge in [-0.2, -0.15) is 0 Å². The van der Waals surface area contributed by atoms with Crippen molar-refractivity contribution in [3.05, 3.63) is 97.8 Å². The van der Waals surface area contributed by atoms with Gasteiger partial charge in [-0.3, -0.25) is 14.4 Å². The Kier molecular flexibility index (Phi) is 9.04. The van der Waals surface area contributed by atoms with E-state index in [1.807, 2.05) is 0 Å². The second kappa shape index (κ2) is 11.9. The number of hydrogen-bond donors (Lipinski definition) is 1. The first-order chi connectivity index (χ1) is 19.1. The quantitative estimate of drug-likeness (QED) is 0.145. The Bertz CT molecular complexity index is 1580. The average Bonchev–Trinajstić information content (AvgIpc) is 3.48. The van der Waals surface area contributed by atoms with Gasteiger partial charge in [0.05, 0.1) is 16.0 Å². The van der Waals surface area contributed by atoms with Crippen LogP contribution < -0.4 is 5.32 Å². The SMILES string of the molecule is Cc1cc(NC(=O)[C@H]2[C@H](c3ccc(F)c(Cl)c3)C2(Cl)Cl)cc(C(=O)Cc2ccc(F)c(CC(=O)C(F)F)c2F)c1Cl. The molecule has 0 bridgehead atoms. The van der Waals surface area contributed by atoms with E-state index < -0.39 is 75.9 Å². The molecule has 1 amide bonds. The van der Waals surface area contributed by atoms with Crippen LogP contribution in [-0.4, -0.2) is 28.2 Å². The topological polar surface area (TPSA) is 63.2 Å². The zero-order valence-corrected chi connectivity index (χ0v) is 23.8. The van der Waals surface area contributed by atoms with E-state index in [4.69, 9.17) is 46.4 Å². The lowest BCUT2D eigenvalue weighted by Crippen LogP contribution is -2.18. The number of carbonyl (C=O) groups excluding carboxylic acids is 3. The van der Waals surface area contributed by atoms with Crippen molar-refractivity contribution >= 4 is 69.6 Å². The molecule has 3 aromatic carbocycles. The minimum atomic E-state index is -3.42. The Morgan fingerprint density at radius 1 is 0.951 bits per heavy atom. The van der Waals surface area contributed by atoms with E-state index in [1.165, 1.54) is 24.3 Å². The molecule has 0 aromatic heterocycles. The summed E-state index contributed by atoms with van der Waals surface area (Å²) >= 11 is 24.8. The van der Waals surface area contributed by atoms with E-state index in [0.29, 0.717) is 11.1 Å². The maximum atomic E-state index is 14.9. The lowest BCUT2D eigenvalue weighted by atomic mass is 9.97. The molecular formula is C28H18Cl4F5NO3.